The number of azo groups is 1. The van der Waals surface area contributed by atoms with Crippen LogP contribution in [0.4, 0.5) is 28.6 Å². The lowest BCUT2D eigenvalue weighted by atomic mass is 10.0. The highest BCUT2D eigenvalue weighted by Crippen LogP contribution is 2.36. The minimum atomic E-state index is -0.612. The molecule has 0 radical (unpaired) electrons. The van der Waals surface area contributed by atoms with Crippen molar-refractivity contribution in [1.29, 1.82) is 0 Å². The highest BCUT2D eigenvalue weighted by atomic mass is 35.5. The summed E-state index contributed by atoms with van der Waals surface area (Å²) < 4.78 is 1.13. The van der Waals surface area contributed by atoms with Gasteiger partial charge in [0.15, 0.2) is 11.5 Å². The normalized spacial score (nSPS) is 11.4. The van der Waals surface area contributed by atoms with E-state index >= 15 is 0 Å². The second-order valence-corrected chi connectivity index (χ2v) is 13.9. The topological polar surface area (TPSA) is 124 Å². The smallest absolute Gasteiger partial charge is 0.301 e. The van der Waals surface area contributed by atoms with Crippen molar-refractivity contribution in [3.05, 3.63) is 85.0 Å². The first-order valence-electron chi connectivity index (χ1n) is 17.2. The monoisotopic (exact) mass is 760 g/mol. The number of phenolic OH excluding ortho intramolecular Hbond substituents is 1. The lowest BCUT2D eigenvalue weighted by molar-refractivity contribution is -0.116. The molecule has 1 aromatic heterocycles. The molecule has 4 rings (SSSR count). The van der Waals surface area contributed by atoms with Gasteiger partial charge >= 0.3 is 5.56 Å². The molecule has 0 bridgehead atoms. The maximum Gasteiger partial charge on any atom is 0.301 e. The van der Waals surface area contributed by atoms with Crippen molar-refractivity contribution >= 4 is 80.9 Å². The van der Waals surface area contributed by atoms with Gasteiger partial charge in [0, 0.05) is 11.4 Å². The first-order chi connectivity index (χ1) is 24.2. The number of halogens is 4. The van der Waals surface area contributed by atoms with E-state index in [2.05, 4.69) is 32.9 Å². The zero-order valence-corrected chi connectivity index (χ0v) is 31.2. The second-order valence-electron chi connectivity index (χ2n) is 12.2. The molecular formula is C37H44Cl4N6O3. The van der Waals surface area contributed by atoms with Crippen LogP contribution < -0.4 is 16.2 Å². The van der Waals surface area contributed by atoms with Crippen LogP contribution in [0.5, 0.6) is 5.75 Å². The number of benzene rings is 3. The number of carbonyl (C=O) groups excluding carboxylic acids is 1. The number of anilines is 3. The van der Waals surface area contributed by atoms with E-state index in [4.69, 9.17) is 46.4 Å². The van der Waals surface area contributed by atoms with Crippen LogP contribution in [0.2, 0.25) is 20.1 Å². The molecule has 4 aromatic rings. The minimum absolute atomic E-state index is 0.0632. The fourth-order valence-corrected chi connectivity index (χ4v) is 6.72. The quantitative estimate of drug-likeness (QED) is 0.0528. The fourth-order valence-electron chi connectivity index (χ4n) is 5.52. The molecule has 4 N–H and O–H groups in total. The first kappa shape index (κ1) is 39.3. The number of H-pyrrole nitrogens is 1. The van der Waals surface area contributed by atoms with Crippen LogP contribution in [0.3, 0.4) is 0 Å². The van der Waals surface area contributed by atoms with Gasteiger partial charge in [0.25, 0.3) is 0 Å². The molecule has 0 saturated carbocycles. The van der Waals surface area contributed by atoms with Gasteiger partial charge in [-0.1, -0.05) is 136 Å². The standard InChI is InChI=1S/C37H44Cl4N6O3/c1-2-3-4-5-6-7-8-9-10-11-12-13-14-18-32(49)42-30-16-15-17-31(33(30)41)43-36-34(45-44-26-19-21-27(48)22-20-26)37(50)47(46-36)35-28(39)23-25(38)24-29(35)40/h15-17,19-24,43,46,48H,2-14,18H2,1H3,(H,42,49)/b45-44+. The lowest BCUT2D eigenvalue weighted by Crippen LogP contribution is -2.15. The van der Waals surface area contributed by atoms with E-state index in [0.29, 0.717) is 28.5 Å². The van der Waals surface area contributed by atoms with Gasteiger partial charge in [0.2, 0.25) is 5.91 Å². The number of hydrogen-bond donors (Lipinski definition) is 4. The van der Waals surface area contributed by atoms with Crippen molar-refractivity contribution < 1.29 is 9.90 Å². The minimum Gasteiger partial charge on any atom is -0.508 e. The van der Waals surface area contributed by atoms with E-state index in [9.17, 15) is 14.7 Å². The van der Waals surface area contributed by atoms with Gasteiger partial charge in [-0.2, -0.15) is 5.11 Å². The fraction of sp³-hybridized carbons (Fsp3) is 0.405. The molecule has 0 fully saturated rings. The molecule has 0 atom stereocenters. The number of rotatable bonds is 20. The number of aromatic nitrogens is 2. The largest absolute Gasteiger partial charge is 0.508 e. The van der Waals surface area contributed by atoms with E-state index in [1.807, 2.05) is 0 Å². The molecule has 50 heavy (non-hydrogen) atoms. The van der Waals surface area contributed by atoms with Crippen LogP contribution in [-0.4, -0.2) is 20.8 Å². The molecule has 0 aliphatic heterocycles. The Hall–Kier alpha value is -3.50. The third-order valence-corrected chi connectivity index (χ3v) is 9.43. The zero-order chi connectivity index (χ0) is 35.9. The summed E-state index contributed by atoms with van der Waals surface area (Å²) in [4.78, 5) is 26.5. The Morgan fingerprint density at radius 2 is 1.34 bits per heavy atom. The van der Waals surface area contributed by atoms with Gasteiger partial charge in [0.1, 0.15) is 11.4 Å². The van der Waals surface area contributed by atoms with Crippen molar-refractivity contribution in [2.75, 3.05) is 10.6 Å². The molecule has 3 aromatic carbocycles. The Morgan fingerprint density at radius 1 is 0.780 bits per heavy atom. The highest BCUT2D eigenvalue weighted by molar-refractivity contribution is 6.40. The van der Waals surface area contributed by atoms with Gasteiger partial charge in [-0.25, -0.2) is 4.68 Å². The molecule has 0 aliphatic carbocycles. The number of carbonyl (C=O) groups is 1. The molecule has 9 nitrogen and oxygen atoms in total. The third kappa shape index (κ3) is 11.8. The molecule has 0 unspecified atom stereocenters. The molecule has 0 saturated heterocycles. The average Bonchev–Trinajstić information content (AvgIpc) is 3.37. The van der Waals surface area contributed by atoms with Crippen LogP contribution in [0.25, 0.3) is 5.69 Å². The van der Waals surface area contributed by atoms with Crippen molar-refractivity contribution in [2.24, 2.45) is 10.2 Å². The first-order valence-corrected chi connectivity index (χ1v) is 18.7. The summed E-state index contributed by atoms with van der Waals surface area (Å²) in [6, 6.07) is 14.1. The number of hydrogen-bond acceptors (Lipinski definition) is 6. The molecule has 0 aliphatic rings. The predicted octanol–water partition coefficient (Wildman–Crippen LogP) is 13.1. The second kappa shape index (κ2) is 20.4. The Labute approximate surface area is 313 Å². The number of aromatic hydroxyl groups is 1. The van der Waals surface area contributed by atoms with E-state index in [-0.39, 0.29) is 43.9 Å². The van der Waals surface area contributed by atoms with Crippen molar-refractivity contribution in [3.8, 4) is 11.4 Å². The van der Waals surface area contributed by atoms with E-state index in [1.54, 1.807) is 30.3 Å². The van der Waals surface area contributed by atoms with Crippen LogP contribution in [-0.2, 0) is 4.79 Å². The van der Waals surface area contributed by atoms with E-state index in [0.717, 1.165) is 23.9 Å². The van der Waals surface area contributed by atoms with Gasteiger partial charge < -0.3 is 15.7 Å². The summed E-state index contributed by atoms with van der Waals surface area (Å²) in [7, 11) is 0. The lowest BCUT2D eigenvalue weighted by Gasteiger charge is -2.12. The predicted molar refractivity (Wildman–Crippen MR) is 207 cm³/mol. The Balaban J connectivity index is 1.38. The Kier molecular flexibility index (Phi) is 16.0. The number of phenols is 1. The van der Waals surface area contributed by atoms with E-state index in [1.165, 1.54) is 88.5 Å². The number of unbranched alkanes of at least 4 members (excludes halogenated alkanes) is 12. The zero-order valence-electron chi connectivity index (χ0n) is 28.2. The Bertz CT molecular complexity index is 1770. The van der Waals surface area contributed by atoms with Crippen molar-refractivity contribution in [1.82, 2.24) is 9.78 Å². The molecule has 268 valence electrons. The van der Waals surface area contributed by atoms with Gasteiger partial charge in [-0.05, 0) is 55.0 Å². The maximum absolute atomic E-state index is 13.7. The average molecular weight is 763 g/mol. The van der Waals surface area contributed by atoms with Gasteiger partial charge in [-0.3, -0.25) is 14.7 Å². The van der Waals surface area contributed by atoms with E-state index < -0.39 is 5.56 Å². The molecule has 1 amide bonds. The summed E-state index contributed by atoms with van der Waals surface area (Å²) in [5, 5.41) is 27.8. The van der Waals surface area contributed by atoms with Crippen LogP contribution >= 0.6 is 46.4 Å². The van der Waals surface area contributed by atoms with Crippen LogP contribution in [0, 0.1) is 0 Å². The number of amides is 1. The molecule has 13 heteroatoms. The summed E-state index contributed by atoms with van der Waals surface area (Å²) in [6.45, 7) is 2.25. The van der Waals surface area contributed by atoms with Crippen molar-refractivity contribution in [3.63, 3.8) is 0 Å². The van der Waals surface area contributed by atoms with Crippen molar-refractivity contribution in [2.45, 2.75) is 96.8 Å². The summed E-state index contributed by atoms with van der Waals surface area (Å²) >= 11 is 25.7. The third-order valence-electron chi connectivity index (χ3n) is 8.23. The highest BCUT2D eigenvalue weighted by Gasteiger charge is 2.21. The van der Waals surface area contributed by atoms with Crippen LogP contribution in [0.1, 0.15) is 96.8 Å². The number of aromatic amines is 1. The summed E-state index contributed by atoms with van der Waals surface area (Å²) in [6.07, 6.45) is 16.5. The number of nitrogens with one attached hydrogen (secondary N) is 3. The summed E-state index contributed by atoms with van der Waals surface area (Å²) in [5.41, 5.74) is 0.668. The SMILES string of the molecule is CCCCCCCCCCCCCCCC(=O)Nc1cccc(Nc2[nH]n(-c3c(Cl)cc(Cl)cc3Cl)c(=O)c2/N=N/c2ccc(O)cc2)c1Cl. The van der Waals surface area contributed by atoms with Crippen LogP contribution in [0.15, 0.2) is 69.6 Å². The number of nitrogens with zero attached hydrogens (tertiary/aromatic N) is 3. The van der Waals surface area contributed by atoms with Gasteiger partial charge in [-0.15, -0.1) is 5.11 Å². The molecular weight excluding hydrogens is 718 g/mol. The maximum atomic E-state index is 13.7. The summed E-state index contributed by atoms with van der Waals surface area (Å²) in [5.74, 6) is 0.0762. The van der Waals surface area contributed by atoms with Gasteiger partial charge in [0.05, 0.1) is 32.1 Å². The molecule has 0 spiro atoms. The Morgan fingerprint density at radius 3 is 1.94 bits per heavy atom. The molecule has 1 heterocycles.